The lowest BCUT2D eigenvalue weighted by atomic mass is 9.91. The van der Waals surface area contributed by atoms with Gasteiger partial charge in [0.1, 0.15) is 0 Å². The highest BCUT2D eigenvalue weighted by Gasteiger charge is 2.13. The Labute approximate surface area is 317 Å². The molecular weight excluding hydrogens is 651 g/mol. The second-order valence-corrected chi connectivity index (χ2v) is 13.6. The molecule has 8 aromatic carbocycles. The second kappa shape index (κ2) is 14.9. The molecule has 0 atom stereocenters. The van der Waals surface area contributed by atoms with Crippen molar-refractivity contribution in [1.82, 2.24) is 4.98 Å². The molecule has 1 heteroatoms. The SMILES string of the molecule is c1ccc(-c2ccc(-c3cc(-c4ccccc4)cc(-c4cccc(-c5cc(-c6ccccc6)nc(-c6ccc(-c7ccccc7)cc6)c5)c4)c3)cc2)cc1. The van der Waals surface area contributed by atoms with E-state index < -0.39 is 0 Å². The highest BCUT2D eigenvalue weighted by atomic mass is 14.7. The summed E-state index contributed by atoms with van der Waals surface area (Å²) < 4.78 is 0. The Morgan fingerprint density at radius 1 is 0.167 bits per heavy atom. The van der Waals surface area contributed by atoms with Gasteiger partial charge < -0.3 is 0 Å². The molecule has 0 radical (unpaired) electrons. The molecule has 54 heavy (non-hydrogen) atoms. The first-order valence-electron chi connectivity index (χ1n) is 18.4. The normalized spacial score (nSPS) is 11.0. The Morgan fingerprint density at radius 2 is 0.407 bits per heavy atom. The van der Waals surface area contributed by atoms with Crippen LogP contribution in [-0.2, 0) is 0 Å². The van der Waals surface area contributed by atoms with Crippen LogP contribution >= 0.6 is 0 Å². The second-order valence-electron chi connectivity index (χ2n) is 13.6. The largest absolute Gasteiger partial charge is 0.248 e. The summed E-state index contributed by atoms with van der Waals surface area (Å²) in [5.41, 5.74) is 18.3. The molecule has 0 amide bonds. The van der Waals surface area contributed by atoms with Gasteiger partial charge in [0.05, 0.1) is 11.4 Å². The minimum Gasteiger partial charge on any atom is -0.248 e. The topological polar surface area (TPSA) is 12.9 Å². The number of aromatic nitrogens is 1. The van der Waals surface area contributed by atoms with E-state index in [0.717, 1.165) is 33.6 Å². The quantitative estimate of drug-likeness (QED) is 0.155. The van der Waals surface area contributed by atoms with Crippen LogP contribution in [-0.4, -0.2) is 4.98 Å². The molecule has 1 aromatic heterocycles. The van der Waals surface area contributed by atoms with Crippen molar-refractivity contribution >= 4 is 0 Å². The zero-order chi connectivity index (χ0) is 36.1. The molecule has 1 heterocycles. The molecule has 0 fully saturated rings. The molecule has 0 aliphatic carbocycles. The van der Waals surface area contributed by atoms with E-state index in [9.17, 15) is 0 Å². The number of hydrogen-bond donors (Lipinski definition) is 0. The standard InChI is InChI=1S/C53H37N/c1-5-14-38(15-6-1)41-24-26-43(27-25-41)49-33-48(40-18-9-3-10-19-40)34-50(35-49)46-22-13-23-47(32-46)51-36-52(44-20-11-4-12-21-44)54-53(37-51)45-30-28-42(29-31-45)39-16-7-2-8-17-39/h1-37H. The summed E-state index contributed by atoms with van der Waals surface area (Å²) in [7, 11) is 0. The smallest absolute Gasteiger partial charge is 0.0715 e. The van der Waals surface area contributed by atoms with E-state index in [1.54, 1.807) is 0 Å². The van der Waals surface area contributed by atoms with Crippen LogP contribution in [0.25, 0.3) is 89.3 Å². The lowest BCUT2D eigenvalue weighted by Crippen LogP contribution is -1.92. The van der Waals surface area contributed by atoms with Gasteiger partial charge in [-0.1, -0.05) is 188 Å². The summed E-state index contributed by atoms with van der Waals surface area (Å²) in [4.78, 5) is 5.20. The van der Waals surface area contributed by atoms with Gasteiger partial charge in [-0.3, -0.25) is 0 Å². The average Bonchev–Trinajstić information content (AvgIpc) is 3.27. The van der Waals surface area contributed by atoms with E-state index in [2.05, 4.69) is 224 Å². The van der Waals surface area contributed by atoms with E-state index in [4.69, 9.17) is 4.98 Å². The molecule has 0 unspecified atom stereocenters. The molecule has 9 aromatic rings. The Hall–Kier alpha value is -7.09. The van der Waals surface area contributed by atoms with Crippen LogP contribution in [0, 0.1) is 0 Å². The maximum absolute atomic E-state index is 5.20. The minimum absolute atomic E-state index is 0.948. The van der Waals surface area contributed by atoms with Gasteiger partial charge in [-0.15, -0.1) is 0 Å². The van der Waals surface area contributed by atoms with Crippen LogP contribution in [0.3, 0.4) is 0 Å². The van der Waals surface area contributed by atoms with Gasteiger partial charge in [0.15, 0.2) is 0 Å². The van der Waals surface area contributed by atoms with Crippen molar-refractivity contribution in [3.8, 4) is 89.3 Å². The van der Waals surface area contributed by atoms with Crippen molar-refractivity contribution < 1.29 is 0 Å². The number of nitrogens with zero attached hydrogens (tertiary/aromatic N) is 1. The first-order valence-corrected chi connectivity index (χ1v) is 18.4. The van der Waals surface area contributed by atoms with Crippen LogP contribution < -0.4 is 0 Å². The van der Waals surface area contributed by atoms with Crippen molar-refractivity contribution in [3.05, 3.63) is 224 Å². The zero-order valence-electron chi connectivity index (χ0n) is 29.8. The fraction of sp³-hybridized carbons (Fsp3) is 0. The lowest BCUT2D eigenvalue weighted by Gasteiger charge is -2.14. The van der Waals surface area contributed by atoms with E-state index in [1.807, 2.05) is 0 Å². The molecule has 0 spiro atoms. The molecule has 0 saturated carbocycles. The van der Waals surface area contributed by atoms with Gasteiger partial charge in [-0.25, -0.2) is 4.98 Å². The molecule has 0 saturated heterocycles. The third-order valence-electron chi connectivity index (χ3n) is 10.1. The van der Waals surface area contributed by atoms with Gasteiger partial charge >= 0.3 is 0 Å². The molecule has 9 rings (SSSR count). The summed E-state index contributed by atoms with van der Waals surface area (Å²) in [6, 6.07) is 80.2. The van der Waals surface area contributed by atoms with E-state index >= 15 is 0 Å². The fourth-order valence-corrected chi connectivity index (χ4v) is 7.19. The van der Waals surface area contributed by atoms with Gasteiger partial charge in [-0.2, -0.15) is 0 Å². The summed E-state index contributed by atoms with van der Waals surface area (Å²) >= 11 is 0. The molecule has 0 N–H and O–H groups in total. The molecule has 0 aliphatic heterocycles. The van der Waals surface area contributed by atoms with Crippen LogP contribution in [0.2, 0.25) is 0 Å². The Bertz CT molecular complexity index is 2460. The molecule has 1 nitrogen and oxygen atoms in total. The number of hydrogen-bond acceptors (Lipinski definition) is 1. The summed E-state index contributed by atoms with van der Waals surface area (Å²) in [6.07, 6.45) is 0. The van der Waals surface area contributed by atoms with Crippen LogP contribution in [0.5, 0.6) is 0 Å². The predicted molar refractivity (Wildman–Crippen MR) is 228 cm³/mol. The van der Waals surface area contributed by atoms with Gasteiger partial charge in [0.2, 0.25) is 0 Å². The Kier molecular flexibility index (Phi) is 9.03. The molecule has 0 bridgehead atoms. The van der Waals surface area contributed by atoms with Crippen LogP contribution in [0.4, 0.5) is 0 Å². The van der Waals surface area contributed by atoms with E-state index in [1.165, 1.54) is 55.6 Å². The molecular formula is C53H37N. The van der Waals surface area contributed by atoms with Crippen molar-refractivity contribution in [2.24, 2.45) is 0 Å². The number of rotatable bonds is 8. The van der Waals surface area contributed by atoms with Gasteiger partial charge in [0, 0.05) is 11.1 Å². The highest BCUT2D eigenvalue weighted by molar-refractivity contribution is 5.85. The predicted octanol–water partition coefficient (Wildman–Crippen LogP) is 14.4. The van der Waals surface area contributed by atoms with Crippen LogP contribution in [0.1, 0.15) is 0 Å². The first-order chi connectivity index (χ1) is 26.7. The molecule has 0 aliphatic rings. The van der Waals surface area contributed by atoms with E-state index in [0.29, 0.717) is 0 Å². The number of benzene rings is 8. The molecule has 254 valence electrons. The third-order valence-corrected chi connectivity index (χ3v) is 10.1. The van der Waals surface area contributed by atoms with E-state index in [-0.39, 0.29) is 0 Å². The lowest BCUT2D eigenvalue weighted by molar-refractivity contribution is 1.32. The Balaban J connectivity index is 1.13. The van der Waals surface area contributed by atoms with Gasteiger partial charge in [-0.05, 0) is 103 Å². The zero-order valence-corrected chi connectivity index (χ0v) is 29.8. The first kappa shape index (κ1) is 32.8. The van der Waals surface area contributed by atoms with Crippen molar-refractivity contribution in [2.45, 2.75) is 0 Å². The van der Waals surface area contributed by atoms with Crippen LogP contribution in [0.15, 0.2) is 224 Å². The highest BCUT2D eigenvalue weighted by Crippen LogP contribution is 2.37. The Morgan fingerprint density at radius 3 is 0.833 bits per heavy atom. The van der Waals surface area contributed by atoms with Crippen molar-refractivity contribution in [1.29, 1.82) is 0 Å². The summed E-state index contributed by atoms with van der Waals surface area (Å²) in [6.45, 7) is 0. The third kappa shape index (κ3) is 7.04. The van der Waals surface area contributed by atoms with Gasteiger partial charge in [0.25, 0.3) is 0 Å². The number of pyridine rings is 1. The summed E-state index contributed by atoms with van der Waals surface area (Å²) in [5, 5.41) is 0. The maximum atomic E-state index is 5.20. The van der Waals surface area contributed by atoms with Crippen molar-refractivity contribution in [3.63, 3.8) is 0 Å². The monoisotopic (exact) mass is 687 g/mol. The maximum Gasteiger partial charge on any atom is 0.0715 e. The average molecular weight is 688 g/mol. The fourth-order valence-electron chi connectivity index (χ4n) is 7.19. The van der Waals surface area contributed by atoms with Crippen molar-refractivity contribution in [2.75, 3.05) is 0 Å². The minimum atomic E-state index is 0.948. The summed E-state index contributed by atoms with van der Waals surface area (Å²) in [5.74, 6) is 0.